The molecule has 112 valence electrons. The lowest BCUT2D eigenvalue weighted by atomic mass is 10.0. The molecule has 0 saturated carbocycles. The second-order valence-electron chi connectivity index (χ2n) is 5.92. The summed E-state index contributed by atoms with van der Waals surface area (Å²) < 4.78 is 5.97. The van der Waals surface area contributed by atoms with Gasteiger partial charge in [-0.2, -0.15) is 4.65 Å². The number of likely N-dealkylation sites (N-methyl/N-ethyl adjacent to an activating group) is 1. The van der Waals surface area contributed by atoms with Crippen LogP contribution in [0.5, 0.6) is 0 Å². The first-order valence-electron chi connectivity index (χ1n) is 7.24. The van der Waals surface area contributed by atoms with Crippen LogP contribution >= 0.6 is 0 Å². The van der Waals surface area contributed by atoms with Crippen LogP contribution < -0.4 is 0 Å². The molecular weight excluding hydrogens is 262 g/mol. The van der Waals surface area contributed by atoms with E-state index in [9.17, 15) is 5.21 Å². The Morgan fingerprint density at radius 3 is 2.10 bits per heavy atom. The Bertz CT molecular complexity index is 544. The van der Waals surface area contributed by atoms with Gasteiger partial charge in [0.05, 0.1) is 20.7 Å². The molecule has 0 aliphatic carbocycles. The molecule has 0 fully saturated rings. The van der Waals surface area contributed by atoms with E-state index in [1.165, 1.54) is 5.56 Å². The standard InChI is InChI=1S/C18H24NO2/c1-15-9-11-17(12-10-15)18(16-7-5-4-6-8-16)21-14-13-19(2,3)20/h4-12,18,20H,13-14H2,1-3H3/q+1. The van der Waals surface area contributed by atoms with Gasteiger partial charge in [0.25, 0.3) is 0 Å². The Morgan fingerprint density at radius 1 is 0.952 bits per heavy atom. The molecule has 2 aromatic carbocycles. The summed E-state index contributed by atoms with van der Waals surface area (Å²) in [5, 5.41) is 9.77. The highest BCUT2D eigenvalue weighted by Gasteiger charge is 2.17. The first-order chi connectivity index (χ1) is 9.96. The zero-order valence-corrected chi connectivity index (χ0v) is 13.0. The van der Waals surface area contributed by atoms with Crippen molar-refractivity contribution in [1.82, 2.24) is 0 Å². The molecule has 1 unspecified atom stereocenters. The minimum Gasteiger partial charge on any atom is -0.363 e. The molecule has 0 spiro atoms. The monoisotopic (exact) mass is 286 g/mol. The topological polar surface area (TPSA) is 29.5 Å². The van der Waals surface area contributed by atoms with Gasteiger partial charge in [0, 0.05) is 0 Å². The Morgan fingerprint density at radius 2 is 1.52 bits per heavy atom. The maximum atomic E-state index is 9.77. The predicted molar refractivity (Wildman–Crippen MR) is 84.2 cm³/mol. The van der Waals surface area contributed by atoms with Crippen molar-refractivity contribution in [2.45, 2.75) is 13.0 Å². The van der Waals surface area contributed by atoms with Gasteiger partial charge in [0.2, 0.25) is 0 Å². The molecule has 0 aliphatic heterocycles. The van der Waals surface area contributed by atoms with Crippen molar-refractivity contribution < 1.29 is 14.6 Å². The lowest BCUT2D eigenvalue weighted by Crippen LogP contribution is -2.38. The molecule has 3 nitrogen and oxygen atoms in total. The smallest absolute Gasteiger partial charge is 0.132 e. The largest absolute Gasteiger partial charge is 0.363 e. The molecular formula is C18H24NO2+. The Hall–Kier alpha value is -1.68. The second kappa shape index (κ2) is 6.85. The lowest BCUT2D eigenvalue weighted by Gasteiger charge is -2.23. The number of hydrogen-bond donors (Lipinski definition) is 1. The van der Waals surface area contributed by atoms with Crippen molar-refractivity contribution in [3.63, 3.8) is 0 Å². The predicted octanol–water partition coefficient (Wildman–Crippen LogP) is 3.57. The molecule has 3 heteroatoms. The van der Waals surface area contributed by atoms with Crippen molar-refractivity contribution in [3.8, 4) is 0 Å². The zero-order valence-electron chi connectivity index (χ0n) is 13.0. The normalized spacial score (nSPS) is 13.1. The quantitative estimate of drug-likeness (QED) is 0.650. The van der Waals surface area contributed by atoms with Crippen LogP contribution in [0.2, 0.25) is 0 Å². The molecule has 0 heterocycles. The SMILES string of the molecule is Cc1ccc(C(OCC[N+](C)(C)O)c2ccccc2)cc1. The fraction of sp³-hybridized carbons (Fsp3) is 0.333. The van der Waals surface area contributed by atoms with E-state index in [4.69, 9.17) is 4.74 Å². The fourth-order valence-electron chi connectivity index (χ4n) is 2.15. The summed E-state index contributed by atoms with van der Waals surface area (Å²) in [6.07, 6.45) is -0.0988. The summed E-state index contributed by atoms with van der Waals surface area (Å²) in [7, 11) is 3.49. The van der Waals surface area contributed by atoms with Gasteiger partial charge < -0.3 is 4.74 Å². The lowest BCUT2D eigenvalue weighted by molar-refractivity contribution is -1.07. The highest BCUT2D eigenvalue weighted by atomic mass is 16.5. The number of quaternary nitrogens is 1. The number of nitrogens with zero attached hydrogens (tertiary/aromatic N) is 1. The van der Waals surface area contributed by atoms with Gasteiger partial charge in [-0.3, -0.25) is 0 Å². The molecule has 2 aromatic rings. The Kier molecular flexibility index (Phi) is 5.12. The highest BCUT2D eigenvalue weighted by molar-refractivity contribution is 5.31. The molecule has 0 saturated heterocycles. The van der Waals surface area contributed by atoms with E-state index in [2.05, 4.69) is 43.3 Å². The van der Waals surface area contributed by atoms with E-state index in [1.807, 2.05) is 18.2 Å². The average molecular weight is 286 g/mol. The third-order valence-corrected chi connectivity index (χ3v) is 3.41. The maximum Gasteiger partial charge on any atom is 0.132 e. The van der Waals surface area contributed by atoms with Gasteiger partial charge >= 0.3 is 0 Å². The summed E-state index contributed by atoms with van der Waals surface area (Å²) in [5.41, 5.74) is 3.50. The molecule has 0 aliphatic rings. The van der Waals surface area contributed by atoms with Crippen molar-refractivity contribution >= 4 is 0 Å². The van der Waals surface area contributed by atoms with E-state index >= 15 is 0 Å². The van der Waals surface area contributed by atoms with Gasteiger partial charge in [0.1, 0.15) is 12.6 Å². The van der Waals surface area contributed by atoms with Crippen molar-refractivity contribution in [3.05, 3.63) is 71.3 Å². The number of ether oxygens (including phenoxy) is 1. The van der Waals surface area contributed by atoms with E-state index in [0.717, 1.165) is 11.1 Å². The minimum atomic E-state index is -0.0988. The van der Waals surface area contributed by atoms with Crippen LogP contribution in [-0.2, 0) is 4.74 Å². The molecule has 21 heavy (non-hydrogen) atoms. The summed E-state index contributed by atoms with van der Waals surface area (Å²) in [6, 6.07) is 18.6. The first-order valence-corrected chi connectivity index (χ1v) is 7.24. The summed E-state index contributed by atoms with van der Waals surface area (Å²) in [5.74, 6) is 0. The minimum absolute atomic E-state index is 0.0879. The van der Waals surface area contributed by atoms with E-state index < -0.39 is 0 Å². The van der Waals surface area contributed by atoms with E-state index in [-0.39, 0.29) is 10.8 Å². The molecule has 1 N–H and O–H groups in total. The molecule has 0 amide bonds. The van der Waals surface area contributed by atoms with Crippen molar-refractivity contribution in [2.24, 2.45) is 0 Å². The van der Waals surface area contributed by atoms with E-state index in [0.29, 0.717) is 13.2 Å². The van der Waals surface area contributed by atoms with Gasteiger partial charge in [-0.05, 0) is 18.1 Å². The summed E-state index contributed by atoms with van der Waals surface area (Å²) >= 11 is 0. The third-order valence-electron chi connectivity index (χ3n) is 3.41. The number of benzene rings is 2. The molecule has 0 aromatic heterocycles. The van der Waals surface area contributed by atoms with Crippen molar-refractivity contribution in [2.75, 3.05) is 27.2 Å². The van der Waals surface area contributed by atoms with Crippen LogP contribution in [0.1, 0.15) is 22.8 Å². The zero-order chi connectivity index (χ0) is 15.3. The van der Waals surface area contributed by atoms with Crippen LogP contribution in [0.15, 0.2) is 54.6 Å². The average Bonchev–Trinajstić information content (AvgIpc) is 2.45. The molecule has 2 rings (SSSR count). The van der Waals surface area contributed by atoms with Crippen LogP contribution in [0, 0.1) is 6.92 Å². The maximum absolute atomic E-state index is 9.77. The van der Waals surface area contributed by atoms with Crippen molar-refractivity contribution in [1.29, 1.82) is 0 Å². The molecule has 1 atom stereocenters. The van der Waals surface area contributed by atoms with E-state index in [1.54, 1.807) is 14.1 Å². The van der Waals surface area contributed by atoms with Crippen LogP contribution in [0.4, 0.5) is 0 Å². The second-order valence-corrected chi connectivity index (χ2v) is 5.92. The number of hydroxylamine groups is 3. The number of rotatable bonds is 6. The summed E-state index contributed by atoms with van der Waals surface area (Å²) in [6.45, 7) is 3.13. The third kappa shape index (κ3) is 4.97. The summed E-state index contributed by atoms with van der Waals surface area (Å²) in [4.78, 5) is 0. The van der Waals surface area contributed by atoms with Gasteiger partial charge in [-0.15, -0.1) is 0 Å². The Labute approximate surface area is 127 Å². The molecule has 0 bridgehead atoms. The number of hydrogen-bond acceptors (Lipinski definition) is 2. The first kappa shape index (κ1) is 15.7. The van der Waals surface area contributed by atoms with Crippen LogP contribution in [0.25, 0.3) is 0 Å². The van der Waals surface area contributed by atoms with Gasteiger partial charge in [0.15, 0.2) is 0 Å². The van der Waals surface area contributed by atoms with Crippen LogP contribution in [-0.4, -0.2) is 37.1 Å². The highest BCUT2D eigenvalue weighted by Crippen LogP contribution is 2.26. The number of aryl methyl sites for hydroxylation is 1. The van der Waals surface area contributed by atoms with Gasteiger partial charge in [-0.25, -0.2) is 5.21 Å². The Balaban J connectivity index is 2.17. The fourth-order valence-corrected chi connectivity index (χ4v) is 2.15. The van der Waals surface area contributed by atoms with Gasteiger partial charge in [-0.1, -0.05) is 60.2 Å². The molecule has 0 radical (unpaired) electrons. The van der Waals surface area contributed by atoms with Crippen LogP contribution in [0.3, 0.4) is 0 Å².